The topological polar surface area (TPSA) is 49.4 Å². The number of nitrogens with one attached hydrogen (secondary N) is 1. The van der Waals surface area contributed by atoms with E-state index in [-0.39, 0.29) is 24.8 Å². The molecule has 0 fully saturated rings. The minimum atomic E-state index is -0.770. The van der Waals surface area contributed by atoms with Crippen LogP contribution in [0.4, 0.5) is 4.39 Å². The maximum Gasteiger partial charge on any atom is 0.242 e. The lowest BCUT2D eigenvalue weighted by Crippen LogP contribution is -2.52. The van der Waals surface area contributed by atoms with Crippen LogP contribution in [0.15, 0.2) is 48.5 Å². The van der Waals surface area contributed by atoms with Crippen molar-refractivity contribution in [3.05, 3.63) is 70.5 Å². The summed E-state index contributed by atoms with van der Waals surface area (Å²) in [7, 11) is 0. The van der Waals surface area contributed by atoms with E-state index < -0.39 is 17.4 Å². The molecule has 0 aromatic heterocycles. The van der Waals surface area contributed by atoms with Crippen LogP contribution < -0.4 is 5.32 Å². The molecule has 0 unspecified atom stereocenters. The Morgan fingerprint density at radius 2 is 1.64 bits per heavy atom. The van der Waals surface area contributed by atoms with E-state index in [4.69, 9.17) is 11.6 Å². The summed E-state index contributed by atoms with van der Waals surface area (Å²) in [5, 5.41) is 3.36. The molecule has 0 aliphatic heterocycles. The van der Waals surface area contributed by atoms with E-state index in [1.54, 1.807) is 49.4 Å². The van der Waals surface area contributed by atoms with Crippen molar-refractivity contribution in [2.24, 2.45) is 0 Å². The Labute approximate surface area is 170 Å². The van der Waals surface area contributed by atoms with Gasteiger partial charge in [-0.15, -0.1) is 0 Å². The van der Waals surface area contributed by atoms with Gasteiger partial charge in [0, 0.05) is 22.7 Å². The molecular weight excluding hydrogens is 379 g/mol. The molecule has 0 aliphatic carbocycles. The first-order valence-corrected chi connectivity index (χ1v) is 9.54. The Morgan fingerprint density at radius 1 is 1.07 bits per heavy atom. The van der Waals surface area contributed by atoms with Crippen molar-refractivity contribution in [1.29, 1.82) is 0 Å². The zero-order valence-electron chi connectivity index (χ0n) is 16.6. The lowest BCUT2D eigenvalue weighted by atomic mass is 10.1. The molecule has 4 nitrogen and oxygen atoms in total. The van der Waals surface area contributed by atoms with Gasteiger partial charge in [0.1, 0.15) is 11.9 Å². The summed E-state index contributed by atoms with van der Waals surface area (Å²) in [6.07, 6.45) is 0.0290. The molecule has 0 saturated carbocycles. The zero-order valence-corrected chi connectivity index (χ0v) is 17.4. The molecule has 2 aromatic carbocycles. The number of hydrogen-bond acceptors (Lipinski definition) is 2. The van der Waals surface area contributed by atoms with Crippen molar-refractivity contribution < 1.29 is 14.0 Å². The van der Waals surface area contributed by atoms with Crippen molar-refractivity contribution in [2.45, 2.75) is 52.2 Å². The van der Waals surface area contributed by atoms with Gasteiger partial charge in [0.05, 0.1) is 6.42 Å². The number of carbonyl (C=O) groups excluding carboxylic acids is 2. The lowest BCUT2D eigenvalue weighted by Gasteiger charge is -2.31. The summed E-state index contributed by atoms with van der Waals surface area (Å²) in [4.78, 5) is 27.1. The Bertz CT molecular complexity index is 848. The van der Waals surface area contributed by atoms with E-state index in [1.165, 1.54) is 11.0 Å². The van der Waals surface area contributed by atoms with Gasteiger partial charge in [-0.05, 0) is 45.4 Å². The molecule has 0 heterocycles. The number of carbonyl (C=O) groups is 2. The summed E-state index contributed by atoms with van der Waals surface area (Å²) in [6.45, 7) is 7.24. The van der Waals surface area contributed by atoms with Crippen LogP contribution in [0.1, 0.15) is 38.8 Å². The van der Waals surface area contributed by atoms with Gasteiger partial charge in [-0.2, -0.15) is 0 Å². The molecule has 2 aromatic rings. The third kappa shape index (κ3) is 6.06. The summed E-state index contributed by atoms with van der Waals surface area (Å²) < 4.78 is 14.2. The molecule has 1 N–H and O–H groups in total. The summed E-state index contributed by atoms with van der Waals surface area (Å²) in [6, 6.07) is 12.5. The average Bonchev–Trinajstić information content (AvgIpc) is 2.61. The minimum absolute atomic E-state index is 0.00527. The largest absolute Gasteiger partial charge is 0.350 e. The SMILES string of the molecule is C[C@H](C(=O)NC(C)(C)C)N(Cc1ccccc1F)C(=O)Cc1ccccc1Cl. The Hall–Kier alpha value is -2.40. The first kappa shape index (κ1) is 21.9. The first-order valence-electron chi connectivity index (χ1n) is 9.17. The normalized spacial score (nSPS) is 12.4. The van der Waals surface area contributed by atoms with E-state index in [9.17, 15) is 14.0 Å². The highest BCUT2D eigenvalue weighted by atomic mass is 35.5. The molecule has 2 amide bonds. The van der Waals surface area contributed by atoms with Gasteiger partial charge in [-0.1, -0.05) is 48.0 Å². The van der Waals surface area contributed by atoms with Crippen LogP contribution >= 0.6 is 11.6 Å². The average molecular weight is 405 g/mol. The van der Waals surface area contributed by atoms with Crippen LogP contribution in [-0.2, 0) is 22.6 Å². The maximum absolute atomic E-state index is 14.2. The predicted molar refractivity (Wildman–Crippen MR) is 109 cm³/mol. The second-order valence-corrected chi connectivity index (χ2v) is 8.20. The Kier molecular flexibility index (Phi) is 7.19. The molecule has 6 heteroatoms. The van der Waals surface area contributed by atoms with Crippen LogP contribution in [0.5, 0.6) is 0 Å². The fourth-order valence-electron chi connectivity index (χ4n) is 2.77. The van der Waals surface area contributed by atoms with Crippen LogP contribution in [0.3, 0.4) is 0 Å². The van der Waals surface area contributed by atoms with Gasteiger partial charge in [-0.3, -0.25) is 9.59 Å². The highest BCUT2D eigenvalue weighted by Gasteiger charge is 2.29. The number of benzene rings is 2. The number of nitrogens with zero attached hydrogens (tertiary/aromatic N) is 1. The smallest absolute Gasteiger partial charge is 0.242 e. The van der Waals surface area contributed by atoms with E-state index in [0.717, 1.165) is 0 Å². The first-order chi connectivity index (χ1) is 13.1. The lowest BCUT2D eigenvalue weighted by molar-refractivity contribution is -0.140. The fraction of sp³-hybridized carbons (Fsp3) is 0.364. The van der Waals surface area contributed by atoms with Gasteiger partial charge in [-0.25, -0.2) is 4.39 Å². The summed E-state index contributed by atoms with van der Waals surface area (Å²) in [5.41, 5.74) is 0.572. The monoisotopic (exact) mass is 404 g/mol. The Morgan fingerprint density at radius 3 is 2.21 bits per heavy atom. The zero-order chi connectivity index (χ0) is 20.9. The third-order valence-corrected chi connectivity index (χ3v) is 4.63. The number of hydrogen-bond donors (Lipinski definition) is 1. The second kappa shape index (κ2) is 9.20. The van der Waals surface area contributed by atoms with Crippen molar-refractivity contribution in [3.8, 4) is 0 Å². The maximum atomic E-state index is 14.2. The summed E-state index contributed by atoms with van der Waals surface area (Å²) >= 11 is 6.18. The molecule has 0 bridgehead atoms. The molecule has 0 saturated heterocycles. The minimum Gasteiger partial charge on any atom is -0.350 e. The van der Waals surface area contributed by atoms with Gasteiger partial charge in [0.25, 0.3) is 0 Å². The molecular formula is C22H26ClFN2O2. The van der Waals surface area contributed by atoms with Crippen molar-refractivity contribution in [3.63, 3.8) is 0 Å². The molecule has 28 heavy (non-hydrogen) atoms. The van der Waals surface area contributed by atoms with Crippen molar-refractivity contribution >= 4 is 23.4 Å². The van der Waals surface area contributed by atoms with Gasteiger partial charge in [0.15, 0.2) is 0 Å². The molecule has 0 spiro atoms. The van der Waals surface area contributed by atoms with Gasteiger partial charge >= 0.3 is 0 Å². The highest BCUT2D eigenvalue weighted by Crippen LogP contribution is 2.19. The van der Waals surface area contributed by atoms with Gasteiger partial charge in [0.2, 0.25) is 11.8 Å². The number of halogens is 2. The van der Waals surface area contributed by atoms with E-state index in [1.807, 2.05) is 20.8 Å². The summed E-state index contributed by atoms with van der Waals surface area (Å²) in [5.74, 6) is -1.01. The van der Waals surface area contributed by atoms with Crippen LogP contribution in [0, 0.1) is 5.82 Å². The third-order valence-electron chi connectivity index (χ3n) is 4.26. The number of rotatable bonds is 6. The van der Waals surface area contributed by atoms with Gasteiger partial charge < -0.3 is 10.2 Å². The quantitative estimate of drug-likeness (QED) is 0.777. The molecule has 150 valence electrons. The molecule has 1 atom stereocenters. The van der Waals surface area contributed by atoms with E-state index in [0.29, 0.717) is 16.1 Å². The van der Waals surface area contributed by atoms with Crippen molar-refractivity contribution in [1.82, 2.24) is 10.2 Å². The van der Waals surface area contributed by atoms with E-state index in [2.05, 4.69) is 5.32 Å². The van der Waals surface area contributed by atoms with Crippen LogP contribution in [0.2, 0.25) is 5.02 Å². The fourth-order valence-corrected chi connectivity index (χ4v) is 2.98. The highest BCUT2D eigenvalue weighted by molar-refractivity contribution is 6.31. The molecule has 0 aliphatic rings. The second-order valence-electron chi connectivity index (χ2n) is 7.80. The predicted octanol–water partition coefficient (Wildman–Crippen LogP) is 4.35. The van der Waals surface area contributed by atoms with Crippen LogP contribution in [0.25, 0.3) is 0 Å². The number of amides is 2. The standard InChI is InChI=1S/C22H26ClFN2O2/c1-15(21(28)25-22(2,3)4)26(14-17-10-6-8-12-19(17)24)20(27)13-16-9-5-7-11-18(16)23/h5-12,15H,13-14H2,1-4H3,(H,25,28)/t15-/m1/s1. The van der Waals surface area contributed by atoms with Crippen LogP contribution in [-0.4, -0.2) is 28.3 Å². The van der Waals surface area contributed by atoms with E-state index >= 15 is 0 Å². The molecule has 0 radical (unpaired) electrons. The molecule has 2 rings (SSSR count). The van der Waals surface area contributed by atoms with Crippen molar-refractivity contribution in [2.75, 3.05) is 0 Å². The Balaban J connectivity index is 2.29.